The Morgan fingerprint density at radius 3 is 2.37 bits per heavy atom. The summed E-state index contributed by atoms with van der Waals surface area (Å²) in [6.45, 7) is 3.02. The Balaban J connectivity index is 1.68. The normalized spacial score (nSPS) is 11.0. The number of carbonyl (C=O) groups excluding carboxylic acids is 1. The van der Waals surface area contributed by atoms with Gasteiger partial charge >= 0.3 is 5.69 Å². The first kappa shape index (κ1) is 24.5. The van der Waals surface area contributed by atoms with Crippen molar-refractivity contribution in [2.24, 2.45) is 0 Å². The van der Waals surface area contributed by atoms with Crippen LogP contribution in [0.2, 0.25) is 5.02 Å². The molecule has 6 nitrogen and oxygen atoms in total. The maximum absolute atomic E-state index is 13.6. The molecule has 0 spiro atoms. The number of halogens is 1. The van der Waals surface area contributed by atoms with Crippen molar-refractivity contribution in [2.45, 2.75) is 39.2 Å². The van der Waals surface area contributed by atoms with Crippen LogP contribution in [0.25, 0.3) is 16.6 Å². The summed E-state index contributed by atoms with van der Waals surface area (Å²) in [5.41, 5.74) is 1.76. The molecule has 0 radical (unpaired) electrons. The number of aromatic nitrogens is 2. The number of fused-ring (bicyclic) bond motifs is 1. The smallest absolute Gasteiger partial charge is 0.336 e. The molecule has 180 valence electrons. The highest BCUT2D eigenvalue weighted by atomic mass is 35.5. The van der Waals surface area contributed by atoms with Crippen LogP contribution in [0.4, 0.5) is 0 Å². The van der Waals surface area contributed by atoms with Crippen molar-refractivity contribution in [3.05, 3.63) is 110 Å². The van der Waals surface area contributed by atoms with Gasteiger partial charge in [-0.2, -0.15) is 0 Å². The molecule has 1 aromatic heterocycles. The van der Waals surface area contributed by atoms with Gasteiger partial charge in [0.2, 0.25) is 5.91 Å². The molecule has 35 heavy (non-hydrogen) atoms. The van der Waals surface area contributed by atoms with Gasteiger partial charge in [-0.05, 0) is 47.9 Å². The molecule has 0 bridgehead atoms. The first-order chi connectivity index (χ1) is 17.0. The lowest BCUT2D eigenvalue weighted by Crippen LogP contribution is -2.39. The topological polar surface area (TPSA) is 73.1 Å². The molecule has 3 aromatic carbocycles. The molecule has 0 aliphatic rings. The molecule has 0 aliphatic heterocycles. The number of nitrogens with one attached hydrogen (secondary N) is 1. The van der Waals surface area contributed by atoms with Gasteiger partial charge in [0.25, 0.3) is 5.56 Å². The SMILES string of the molecule is CCCCCNC(=O)Cc1ccc(-n2c(=O)c3ccccc3n(Cc3ccccc3Cl)c2=O)cc1. The monoisotopic (exact) mass is 489 g/mol. The Bertz CT molecular complexity index is 1460. The van der Waals surface area contributed by atoms with Crippen molar-refractivity contribution in [1.29, 1.82) is 0 Å². The number of hydrogen-bond acceptors (Lipinski definition) is 3. The van der Waals surface area contributed by atoms with Crippen LogP contribution in [0.3, 0.4) is 0 Å². The highest BCUT2D eigenvalue weighted by molar-refractivity contribution is 6.31. The molecule has 4 rings (SSSR count). The van der Waals surface area contributed by atoms with Crippen LogP contribution in [0.1, 0.15) is 37.3 Å². The minimum Gasteiger partial charge on any atom is -0.356 e. The Kier molecular flexibility index (Phi) is 7.83. The number of para-hydroxylation sites is 1. The van der Waals surface area contributed by atoms with Crippen molar-refractivity contribution in [3.63, 3.8) is 0 Å². The van der Waals surface area contributed by atoms with Crippen molar-refractivity contribution >= 4 is 28.4 Å². The fraction of sp³-hybridized carbons (Fsp3) is 0.250. The average Bonchev–Trinajstić information content (AvgIpc) is 2.86. The molecular weight excluding hydrogens is 462 g/mol. The number of benzene rings is 3. The summed E-state index contributed by atoms with van der Waals surface area (Å²) in [6, 6.07) is 21.4. The molecule has 7 heteroatoms. The first-order valence-corrected chi connectivity index (χ1v) is 12.2. The van der Waals surface area contributed by atoms with Gasteiger partial charge in [-0.15, -0.1) is 0 Å². The zero-order valence-corrected chi connectivity index (χ0v) is 20.4. The summed E-state index contributed by atoms with van der Waals surface area (Å²) in [5, 5.41) is 3.92. The van der Waals surface area contributed by atoms with Crippen LogP contribution in [-0.4, -0.2) is 21.6 Å². The minimum absolute atomic E-state index is 0.0428. The lowest BCUT2D eigenvalue weighted by Gasteiger charge is -2.15. The fourth-order valence-corrected chi connectivity index (χ4v) is 4.31. The molecule has 0 saturated heterocycles. The number of rotatable bonds is 9. The summed E-state index contributed by atoms with van der Waals surface area (Å²) < 4.78 is 2.74. The molecule has 0 atom stereocenters. The van der Waals surface area contributed by atoms with E-state index in [1.54, 1.807) is 59.2 Å². The van der Waals surface area contributed by atoms with Crippen LogP contribution in [-0.2, 0) is 17.8 Å². The molecule has 1 amide bonds. The molecule has 0 fully saturated rings. The summed E-state index contributed by atoms with van der Waals surface area (Å²) in [5.74, 6) is -0.0428. The van der Waals surface area contributed by atoms with Crippen molar-refractivity contribution in [2.75, 3.05) is 6.54 Å². The second kappa shape index (κ2) is 11.2. The van der Waals surface area contributed by atoms with Gasteiger partial charge in [0.1, 0.15) is 0 Å². The quantitative estimate of drug-likeness (QED) is 0.346. The Hall–Kier alpha value is -3.64. The molecular formula is C28H28ClN3O3. The van der Waals surface area contributed by atoms with Gasteiger partial charge in [-0.1, -0.05) is 73.8 Å². The number of unbranched alkanes of at least 4 members (excludes halogenated alkanes) is 2. The van der Waals surface area contributed by atoms with Gasteiger partial charge < -0.3 is 5.32 Å². The van der Waals surface area contributed by atoms with Gasteiger partial charge in [0.15, 0.2) is 0 Å². The van der Waals surface area contributed by atoms with E-state index in [1.165, 1.54) is 4.57 Å². The standard InChI is InChI=1S/C28H28ClN3O3/c1-2-3-8-17-30-26(33)18-20-13-15-22(16-14-20)32-27(34)23-10-5-7-12-25(23)31(28(32)35)19-21-9-4-6-11-24(21)29/h4-7,9-16H,2-3,8,17-19H2,1H3,(H,30,33). The Morgan fingerprint density at radius 1 is 0.914 bits per heavy atom. The van der Waals surface area contributed by atoms with E-state index >= 15 is 0 Å². The number of nitrogens with zero attached hydrogens (tertiary/aromatic N) is 2. The molecule has 1 heterocycles. The number of carbonyl (C=O) groups is 1. The maximum atomic E-state index is 13.6. The van der Waals surface area contributed by atoms with Crippen molar-refractivity contribution in [1.82, 2.24) is 14.5 Å². The Morgan fingerprint density at radius 2 is 1.63 bits per heavy atom. The van der Waals surface area contributed by atoms with Gasteiger partial charge in [0.05, 0.1) is 29.6 Å². The summed E-state index contributed by atoms with van der Waals surface area (Å²) >= 11 is 6.36. The fourth-order valence-electron chi connectivity index (χ4n) is 4.11. The van der Waals surface area contributed by atoms with E-state index < -0.39 is 5.69 Å². The predicted octanol–water partition coefficient (Wildman–Crippen LogP) is 4.70. The zero-order chi connectivity index (χ0) is 24.8. The van der Waals surface area contributed by atoms with E-state index in [9.17, 15) is 14.4 Å². The zero-order valence-electron chi connectivity index (χ0n) is 19.7. The second-order valence-corrected chi connectivity index (χ2v) is 8.93. The van der Waals surface area contributed by atoms with E-state index in [2.05, 4.69) is 12.2 Å². The van der Waals surface area contributed by atoms with E-state index in [1.807, 2.05) is 18.2 Å². The highest BCUT2D eigenvalue weighted by Gasteiger charge is 2.15. The molecule has 1 N–H and O–H groups in total. The third kappa shape index (κ3) is 5.54. The summed E-state index contributed by atoms with van der Waals surface area (Å²) in [7, 11) is 0. The average molecular weight is 490 g/mol. The van der Waals surface area contributed by atoms with Crippen LogP contribution in [0.5, 0.6) is 0 Å². The van der Waals surface area contributed by atoms with Crippen molar-refractivity contribution in [3.8, 4) is 5.69 Å². The third-order valence-electron chi connectivity index (χ3n) is 6.00. The molecule has 0 unspecified atom stereocenters. The highest BCUT2D eigenvalue weighted by Crippen LogP contribution is 2.18. The lowest BCUT2D eigenvalue weighted by molar-refractivity contribution is -0.120. The second-order valence-electron chi connectivity index (χ2n) is 8.52. The lowest BCUT2D eigenvalue weighted by atomic mass is 10.1. The molecule has 0 aliphatic carbocycles. The van der Waals surface area contributed by atoms with Crippen LogP contribution in [0, 0.1) is 0 Å². The first-order valence-electron chi connectivity index (χ1n) is 11.8. The predicted molar refractivity (Wildman–Crippen MR) is 141 cm³/mol. The van der Waals surface area contributed by atoms with E-state index in [0.717, 1.165) is 30.4 Å². The van der Waals surface area contributed by atoms with Crippen LogP contribution >= 0.6 is 11.6 Å². The maximum Gasteiger partial charge on any atom is 0.336 e. The largest absolute Gasteiger partial charge is 0.356 e. The number of hydrogen-bond donors (Lipinski definition) is 1. The van der Waals surface area contributed by atoms with E-state index in [-0.39, 0.29) is 24.4 Å². The van der Waals surface area contributed by atoms with E-state index in [4.69, 9.17) is 11.6 Å². The summed E-state index contributed by atoms with van der Waals surface area (Å²) in [4.78, 5) is 39.1. The van der Waals surface area contributed by atoms with Gasteiger partial charge in [-0.25, -0.2) is 9.36 Å². The summed E-state index contributed by atoms with van der Waals surface area (Å²) in [6.07, 6.45) is 3.40. The Labute approximate surface area is 208 Å². The molecule has 0 saturated carbocycles. The van der Waals surface area contributed by atoms with Gasteiger partial charge in [-0.3, -0.25) is 14.2 Å². The van der Waals surface area contributed by atoms with Crippen LogP contribution < -0.4 is 16.6 Å². The van der Waals surface area contributed by atoms with Crippen molar-refractivity contribution < 1.29 is 4.79 Å². The third-order valence-corrected chi connectivity index (χ3v) is 6.37. The number of amides is 1. The van der Waals surface area contributed by atoms with Gasteiger partial charge in [0, 0.05) is 11.6 Å². The minimum atomic E-state index is -0.449. The molecule has 4 aromatic rings. The van der Waals surface area contributed by atoms with Crippen LogP contribution in [0.15, 0.2) is 82.4 Å². The van der Waals surface area contributed by atoms with E-state index in [0.29, 0.717) is 28.2 Å².